The van der Waals surface area contributed by atoms with Gasteiger partial charge in [0.25, 0.3) is 11.8 Å². The van der Waals surface area contributed by atoms with Crippen molar-refractivity contribution in [3.63, 3.8) is 0 Å². The van der Waals surface area contributed by atoms with E-state index in [1.807, 2.05) is 4.90 Å². The van der Waals surface area contributed by atoms with Crippen LogP contribution in [0.1, 0.15) is 64.8 Å². The smallest absolute Gasteiger partial charge is 0.257 e. The highest BCUT2D eigenvalue weighted by Crippen LogP contribution is 2.38. The monoisotopic (exact) mass is 532 g/mol. The molecule has 9 nitrogen and oxygen atoms in total. The molecule has 4 rings (SSSR count). The molecular weight excluding hydrogens is 500 g/mol. The molecule has 11 heteroatoms. The van der Waals surface area contributed by atoms with Crippen molar-refractivity contribution in [3.8, 4) is 0 Å². The van der Waals surface area contributed by atoms with E-state index >= 15 is 0 Å². The highest BCUT2D eigenvalue weighted by Gasteiger charge is 2.32. The Morgan fingerprint density at radius 1 is 1.00 bits per heavy atom. The predicted octanol–water partition coefficient (Wildman–Crippen LogP) is 3.17. The summed E-state index contributed by atoms with van der Waals surface area (Å²) in [6.45, 7) is 8.15. The molecule has 0 atom stereocenters. The number of carbonyl (C=O) groups is 3. The van der Waals surface area contributed by atoms with Crippen LogP contribution in [0.3, 0.4) is 0 Å². The molecule has 1 aromatic heterocycles. The fraction of sp³-hybridized carbons (Fsp3) is 0.480. The van der Waals surface area contributed by atoms with Crippen LogP contribution in [0.2, 0.25) is 0 Å². The Morgan fingerprint density at radius 2 is 1.64 bits per heavy atom. The molecule has 0 bridgehead atoms. The van der Waals surface area contributed by atoms with Crippen LogP contribution < -0.4 is 5.32 Å². The van der Waals surface area contributed by atoms with E-state index in [0.29, 0.717) is 61.8 Å². The van der Waals surface area contributed by atoms with E-state index in [-0.39, 0.29) is 16.7 Å². The summed E-state index contributed by atoms with van der Waals surface area (Å²) in [6.07, 6.45) is 2.48. The van der Waals surface area contributed by atoms with Crippen LogP contribution in [0.25, 0.3) is 0 Å². The zero-order valence-corrected chi connectivity index (χ0v) is 22.5. The summed E-state index contributed by atoms with van der Waals surface area (Å²) in [6, 6.07) is 5.84. The van der Waals surface area contributed by atoms with Crippen molar-refractivity contribution >= 4 is 44.1 Å². The van der Waals surface area contributed by atoms with Gasteiger partial charge in [-0.2, -0.15) is 4.31 Å². The standard InChI is InChI=1S/C25H32N4O5S2/c1-4-29(5-2)36(33,34)19-10-8-18(9-11-19)23(31)26-24-22(25(32)27-13-6-7-14-27)20-12-15-28(17(3)30)16-21(20)35-24/h8-11H,4-7,12-16H2,1-3H3,(H,26,31). The lowest BCUT2D eigenvalue weighted by Gasteiger charge is -2.26. The number of hydrogen-bond donors (Lipinski definition) is 1. The van der Waals surface area contributed by atoms with Gasteiger partial charge in [-0.15, -0.1) is 11.3 Å². The number of nitrogens with zero attached hydrogens (tertiary/aromatic N) is 3. The van der Waals surface area contributed by atoms with Crippen molar-refractivity contribution in [2.45, 2.75) is 51.5 Å². The minimum Gasteiger partial charge on any atom is -0.339 e. The van der Waals surface area contributed by atoms with E-state index in [2.05, 4.69) is 5.32 Å². The number of amides is 3. The second kappa shape index (κ2) is 10.7. The molecular formula is C25H32N4O5S2. The van der Waals surface area contributed by atoms with Crippen LogP contribution >= 0.6 is 11.3 Å². The minimum absolute atomic E-state index is 0.0215. The molecule has 3 heterocycles. The van der Waals surface area contributed by atoms with Crippen molar-refractivity contribution in [1.29, 1.82) is 0 Å². The van der Waals surface area contributed by atoms with Gasteiger partial charge in [0.05, 0.1) is 17.0 Å². The fourth-order valence-electron chi connectivity index (χ4n) is 4.73. The van der Waals surface area contributed by atoms with Gasteiger partial charge in [0.1, 0.15) is 5.00 Å². The van der Waals surface area contributed by atoms with E-state index in [0.717, 1.165) is 23.3 Å². The maximum Gasteiger partial charge on any atom is 0.257 e. The van der Waals surface area contributed by atoms with Gasteiger partial charge in [-0.25, -0.2) is 8.42 Å². The van der Waals surface area contributed by atoms with Gasteiger partial charge in [-0.1, -0.05) is 13.8 Å². The van der Waals surface area contributed by atoms with Crippen LogP contribution in [0, 0.1) is 0 Å². The Labute approximate surface area is 216 Å². The van der Waals surface area contributed by atoms with Crippen molar-refractivity contribution in [2.75, 3.05) is 38.0 Å². The van der Waals surface area contributed by atoms with Gasteiger partial charge < -0.3 is 15.1 Å². The van der Waals surface area contributed by atoms with E-state index in [9.17, 15) is 22.8 Å². The summed E-state index contributed by atoms with van der Waals surface area (Å²) in [7, 11) is -3.62. The second-order valence-corrected chi connectivity index (χ2v) is 12.0. The Balaban J connectivity index is 1.61. The number of anilines is 1. The van der Waals surface area contributed by atoms with Gasteiger partial charge in [0.2, 0.25) is 15.9 Å². The topological polar surface area (TPSA) is 107 Å². The molecule has 36 heavy (non-hydrogen) atoms. The van der Waals surface area contributed by atoms with Gasteiger partial charge in [-0.05, 0) is 49.1 Å². The van der Waals surface area contributed by atoms with Crippen LogP contribution in [-0.4, -0.2) is 73.0 Å². The molecule has 0 spiro atoms. The van der Waals surface area contributed by atoms with E-state index in [1.54, 1.807) is 18.7 Å². The number of likely N-dealkylation sites (tertiary alicyclic amines) is 1. The largest absolute Gasteiger partial charge is 0.339 e. The predicted molar refractivity (Wildman–Crippen MR) is 139 cm³/mol. The first kappa shape index (κ1) is 26.3. The first-order valence-corrected chi connectivity index (χ1v) is 14.5. The molecule has 1 fully saturated rings. The zero-order chi connectivity index (χ0) is 26.0. The normalized spacial score (nSPS) is 15.8. The third kappa shape index (κ3) is 5.05. The summed E-state index contributed by atoms with van der Waals surface area (Å²) in [5.74, 6) is -0.525. The number of rotatable bonds is 7. The van der Waals surface area contributed by atoms with Gasteiger partial charge >= 0.3 is 0 Å². The quantitative estimate of drug-likeness (QED) is 0.590. The number of fused-ring (bicyclic) bond motifs is 1. The Morgan fingerprint density at radius 3 is 2.22 bits per heavy atom. The molecule has 2 aliphatic heterocycles. The zero-order valence-electron chi connectivity index (χ0n) is 20.9. The number of carbonyl (C=O) groups excluding carboxylic acids is 3. The maximum absolute atomic E-state index is 13.4. The molecule has 3 amide bonds. The molecule has 194 valence electrons. The fourth-order valence-corrected chi connectivity index (χ4v) is 7.44. The van der Waals surface area contributed by atoms with Crippen LogP contribution in [-0.2, 0) is 27.8 Å². The molecule has 0 saturated carbocycles. The molecule has 2 aliphatic rings. The molecule has 1 N–H and O–H groups in total. The lowest BCUT2D eigenvalue weighted by atomic mass is 10.0. The van der Waals surface area contributed by atoms with Crippen molar-refractivity contribution < 1.29 is 22.8 Å². The average Bonchev–Trinajstić information content (AvgIpc) is 3.52. The van der Waals surface area contributed by atoms with Crippen LogP contribution in [0.5, 0.6) is 0 Å². The highest BCUT2D eigenvalue weighted by molar-refractivity contribution is 7.89. The van der Waals surface area contributed by atoms with Crippen molar-refractivity contribution in [3.05, 3.63) is 45.8 Å². The number of nitrogens with one attached hydrogen (secondary N) is 1. The number of benzene rings is 1. The summed E-state index contributed by atoms with van der Waals surface area (Å²) < 4.78 is 26.9. The molecule has 0 aliphatic carbocycles. The Bertz CT molecular complexity index is 1260. The first-order valence-electron chi connectivity index (χ1n) is 12.3. The van der Waals surface area contributed by atoms with E-state index in [4.69, 9.17) is 0 Å². The lowest BCUT2D eigenvalue weighted by Crippen LogP contribution is -2.35. The summed E-state index contributed by atoms with van der Waals surface area (Å²) in [4.78, 5) is 43.1. The van der Waals surface area contributed by atoms with Crippen LogP contribution in [0.15, 0.2) is 29.2 Å². The molecule has 1 aromatic carbocycles. The van der Waals surface area contributed by atoms with E-state index < -0.39 is 15.9 Å². The lowest BCUT2D eigenvalue weighted by molar-refractivity contribution is -0.129. The Kier molecular flexibility index (Phi) is 7.82. The number of sulfonamides is 1. The third-order valence-corrected chi connectivity index (χ3v) is 9.99. The SMILES string of the molecule is CCN(CC)S(=O)(=O)c1ccc(C(=O)Nc2sc3c(c2C(=O)N2CCCC2)CCN(C(C)=O)C3)cc1. The highest BCUT2D eigenvalue weighted by atomic mass is 32.2. The number of hydrogen-bond acceptors (Lipinski definition) is 6. The summed E-state index contributed by atoms with van der Waals surface area (Å²) in [5, 5.41) is 3.38. The molecule has 2 aromatic rings. The van der Waals surface area contributed by atoms with Crippen molar-refractivity contribution in [2.24, 2.45) is 0 Å². The third-order valence-electron chi connectivity index (χ3n) is 6.80. The average molecular weight is 533 g/mol. The molecule has 0 radical (unpaired) electrons. The van der Waals surface area contributed by atoms with Gasteiger partial charge in [0, 0.05) is 50.1 Å². The van der Waals surface area contributed by atoms with Crippen LogP contribution in [0.4, 0.5) is 5.00 Å². The summed E-state index contributed by atoms with van der Waals surface area (Å²) in [5.41, 5.74) is 1.73. The first-order chi connectivity index (χ1) is 17.2. The molecule has 1 saturated heterocycles. The minimum atomic E-state index is -3.62. The summed E-state index contributed by atoms with van der Waals surface area (Å²) >= 11 is 1.33. The van der Waals surface area contributed by atoms with Gasteiger partial charge in [0.15, 0.2) is 0 Å². The second-order valence-electron chi connectivity index (χ2n) is 8.97. The maximum atomic E-state index is 13.4. The van der Waals surface area contributed by atoms with Crippen molar-refractivity contribution in [1.82, 2.24) is 14.1 Å². The van der Waals surface area contributed by atoms with E-state index in [1.165, 1.54) is 46.8 Å². The van der Waals surface area contributed by atoms with Gasteiger partial charge in [-0.3, -0.25) is 14.4 Å². The molecule has 0 unspecified atom stereocenters. The number of thiophene rings is 1. The Hall–Kier alpha value is -2.76.